The molecule has 3 N–H and O–H groups in total. The average molecular weight is 297 g/mol. The van der Waals surface area contributed by atoms with Gasteiger partial charge in [0.15, 0.2) is 0 Å². The summed E-state index contributed by atoms with van der Waals surface area (Å²) in [5.74, 6) is 0.845. The summed E-state index contributed by atoms with van der Waals surface area (Å²) in [7, 11) is -0.399. The molecular weight excluding hydrogens is 274 g/mol. The first kappa shape index (κ1) is 15.1. The Morgan fingerprint density at radius 1 is 1.35 bits per heavy atom. The number of hydrogen-bond donors (Lipinski definition) is 2. The Labute approximate surface area is 121 Å². The van der Waals surface area contributed by atoms with E-state index < -0.39 is 10.0 Å². The molecule has 0 atom stereocenters. The minimum absolute atomic E-state index is 0.226. The van der Waals surface area contributed by atoms with E-state index in [2.05, 4.69) is 5.32 Å². The number of nitrogen functional groups attached to an aromatic ring is 1. The zero-order valence-electron chi connectivity index (χ0n) is 12.1. The van der Waals surface area contributed by atoms with Gasteiger partial charge in [-0.05, 0) is 30.5 Å². The fourth-order valence-electron chi connectivity index (χ4n) is 2.27. The second-order valence-corrected chi connectivity index (χ2v) is 7.70. The molecule has 0 aliphatic heterocycles. The highest BCUT2D eigenvalue weighted by atomic mass is 32.2. The molecule has 1 aromatic rings. The molecule has 0 saturated heterocycles. The Hall–Kier alpha value is -1.27. The molecule has 0 bridgehead atoms. The molecule has 5 nitrogen and oxygen atoms in total. The first-order valence-corrected chi connectivity index (χ1v) is 8.41. The van der Waals surface area contributed by atoms with E-state index in [0.29, 0.717) is 5.69 Å². The number of nitrogens with zero attached hydrogens (tertiary/aromatic N) is 1. The van der Waals surface area contributed by atoms with E-state index in [1.807, 2.05) is 0 Å². The number of nitrogens with two attached hydrogens (primary N) is 1. The third-order valence-electron chi connectivity index (χ3n) is 3.89. The van der Waals surface area contributed by atoms with Gasteiger partial charge in [-0.2, -0.15) is 0 Å². The molecule has 1 aliphatic rings. The summed E-state index contributed by atoms with van der Waals surface area (Å²) in [4.78, 5) is 0.226. The summed E-state index contributed by atoms with van der Waals surface area (Å²) >= 11 is 0. The smallest absolute Gasteiger partial charge is 0.242 e. The Morgan fingerprint density at radius 3 is 2.55 bits per heavy atom. The SMILES string of the molecule is CN(C)S(=O)(=O)c1ccc(NCCC2CCC2)c(N)c1. The lowest BCUT2D eigenvalue weighted by Crippen LogP contribution is -2.22. The molecule has 0 amide bonds. The first-order valence-electron chi connectivity index (χ1n) is 6.97. The van der Waals surface area contributed by atoms with Crippen LogP contribution < -0.4 is 11.1 Å². The molecule has 1 aliphatic carbocycles. The van der Waals surface area contributed by atoms with Crippen molar-refractivity contribution >= 4 is 21.4 Å². The van der Waals surface area contributed by atoms with Gasteiger partial charge in [0.1, 0.15) is 0 Å². The Balaban J connectivity index is 2.02. The summed E-state index contributed by atoms with van der Waals surface area (Å²) in [6, 6.07) is 4.85. The van der Waals surface area contributed by atoms with Gasteiger partial charge in [0.2, 0.25) is 10.0 Å². The lowest BCUT2D eigenvalue weighted by Gasteiger charge is -2.25. The Bertz CT molecular complexity index is 566. The summed E-state index contributed by atoms with van der Waals surface area (Å²) < 4.78 is 25.2. The molecule has 0 unspecified atom stereocenters. The van der Waals surface area contributed by atoms with Crippen molar-refractivity contribution in [3.8, 4) is 0 Å². The maximum absolute atomic E-state index is 12.0. The van der Waals surface area contributed by atoms with E-state index in [9.17, 15) is 8.42 Å². The molecule has 1 saturated carbocycles. The molecule has 6 heteroatoms. The van der Waals surface area contributed by atoms with Crippen LogP contribution in [-0.2, 0) is 10.0 Å². The van der Waals surface area contributed by atoms with Crippen LogP contribution in [0.4, 0.5) is 11.4 Å². The highest BCUT2D eigenvalue weighted by Gasteiger charge is 2.19. The van der Waals surface area contributed by atoms with E-state index in [1.165, 1.54) is 43.7 Å². The molecule has 0 aromatic heterocycles. The first-order chi connectivity index (χ1) is 9.41. The molecule has 1 fully saturated rings. The van der Waals surface area contributed by atoms with E-state index in [1.54, 1.807) is 12.1 Å². The van der Waals surface area contributed by atoms with Gasteiger partial charge >= 0.3 is 0 Å². The van der Waals surface area contributed by atoms with Crippen LogP contribution >= 0.6 is 0 Å². The summed E-state index contributed by atoms with van der Waals surface area (Å²) in [5.41, 5.74) is 7.22. The normalized spacial score (nSPS) is 16.1. The van der Waals surface area contributed by atoms with Crippen molar-refractivity contribution in [3.63, 3.8) is 0 Å². The van der Waals surface area contributed by atoms with Crippen molar-refractivity contribution in [1.82, 2.24) is 4.31 Å². The van der Waals surface area contributed by atoms with Gasteiger partial charge in [0.05, 0.1) is 16.3 Å². The molecule has 0 radical (unpaired) electrons. The number of rotatable bonds is 6. The summed E-state index contributed by atoms with van der Waals surface area (Å²) in [6.45, 7) is 0.884. The van der Waals surface area contributed by atoms with Crippen LogP contribution in [0.15, 0.2) is 23.1 Å². The van der Waals surface area contributed by atoms with Crippen LogP contribution in [-0.4, -0.2) is 33.4 Å². The van der Waals surface area contributed by atoms with Crippen molar-refractivity contribution in [2.24, 2.45) is 5.92 Å². The quantitative estimate of drug-likeness (QED) is 0.789. The molecule has 20 heavy (non-hydrogen) atoms. The maximum atomic E-state index is 12.0. The van der Waals surface area contributed by atoms with Crippen molar-refractivity contribution in [2.75, 3.05) is 31.7 Å². The van der Waals surface area contributed by atoms with Crippen LogP contribution in [0.25, 0.3) is 0 Å². The standard InChI is InChI=1S/C14H23N3O2S/c1-17(2)20(18,19)12-6-7-14(13(15)10-12)16-9-8-11-4-3-5-11/h6-7,10-11,16H,3-5,8-9,15H2,1-2H3. The molecule has 0 heterocycles. The van der Waals surface area contributed by atoms with E-state index >= 15 is 0 Å². The monoisotopic (exact) mass is 297 g/mol. The van der Waals surface area contributed by atoms with Crippen LogP contribution in [0, 0.1) is 5.92 Å². The zero-order chi connectivity index (χ0) is 14.8. The molecule has 1 aromatic carbocycles. The maximum Gasteiger partial charge on any atom is 0.242 e. The van der Waals surface area contributed by atoms with Crippen molar-refractivity contribution in [2.45, 2.75) is 30.6 Å². The van der Waals surface area contributed by atoms with Gasteiger partial charge in [-0.1, -0.05) is 19.3 Å². The van der Waals surface area contributed by atoms with Gasteiger partial charge < -0.3 is 11.1 Å². The minimum Gasteiger partial charge on any atom is -0.397 e. The number of sulfonamides is 1. The Morgan fingerprint density at radius 2 is 2.05 bits per heavy atom. The highest BCUT2D eigenvalue weighted by molar-refractivity contribution is 7.89. The third kappa shape index (κ3) is 3.24. The molecule has 112 valence electrons. The number of benzene rings is 1. The lowest BCUT2D eigenvalue weighted by molar-refractivity contribution is 0.303. The number of anilines is 2. The fraction of sp³-hybridized carbons (Fsp3) is 0.571. The number of hydrogen-bond acceptors (Lipinski definition) is 4. The van der Waals surface area contributed by atoms with Crippen molar-refractivity contribution in [1.29, 1.82) is 0 Å². The van der Waals surface area contributed by atoms with Crippen LogP contribution in [0.2, 0.25) is 0 Å². The van der Waals surface area contributed by atoms with Crippen LogP contribution in [0.3, 0.4) is 0 Å². The summed E-state index contributed by atoms with van der Waals surface area (Å²) in [6.07, 6.45) is 5.16. The van der Waals surface area contributed by atoms with Crippen molar-refractivity contribution in [3.05, 3.63) is 18.2 Å². The van der Waals surface area contributed by atoms with Crippen LogP contribution in [0.1, 0.15) is 25.7 Å². The van der Waals surface area contributed by atoms with E-state index in [-0.39, 0.29) is 4.90 Å². The predicted octanol–water partition coefficient (Wildman–Crippen LogP) is 2.12. The largest absolute Gasteiger partial charge is 0.397 e. The van der Waals surface area contributed by atoms with Gasteiger partial charge in [0.25, 0.3) is 0 Å². The van der Waals surface area contributed by atoms with Gasteiger partial charge in [-0.25, -0.2) is 12.7 Å². The average Bonchev–Trinajstić information content (AvgIpc) is 2.33. The molecule has 0 spiro atoms. The predicted molar refractivity (Wildman–Crippen MR) is 82.2 cm³/mol. The molecular formula is C14H23N3O2S. The van der Waals surface area contributed by atoms with E-state index in [0.717, 1.165) is 24.6 Å². The highest BCUT2D eigenvalue weighted by Crippen LogP contribution is 2.30. The van der Waals surface area contributed by atoms with Gasteiger partial charge in [0, 0.05) is 20.6 Å². The zero-order valence-corrected chi connectivity index (χ0v) is 12.9. The second-order valence-electron chi connectivity index (χ2n) is 5.55. The Kier molecular flexibility index (Phi) is 4.55. The van der Waals surface area contributed by atoms with Gasteiger partial charge in [-0.3, -0.25) is 0 Å². The third-order valence-corrected chi connectivity index (χ3v) is 5.71. The second kappa shape index (κ2) is 6.01. The van der Waals surface area contributed by atoms with Crippen LogP contribution in [0.5, 0.6) is 0 Å². The van der Waals surface area contributed by atoms with Crippen molar-refractivity contribution < 1.29 is 8.42 Å². The fourth-order valence-corrected chi connectivity index (χ4v) is 3.20. The molecule has 2 rings (SSSR count). The summed E-state index contributed by atoms with van der Waals surface area (Å²) in [5, 5.41) is 3.29. The minimum atomic E-state index is -3.42. The van der Waals surface area contributed by atoms with E-state index in [4.69, 9.17) is 5.73 Å². The number of nitrogens with one attached hydrogen (secondary N) is 1. The van der Waals surface area contributed by atoms with Gasteiger partial charge in [-0.15, -0.1) is 0 Å². The topological polar surface area (TPSA) is 75.4 Å². The lowest BCUT2D eigenvalue weighted by atomic mass is 9.83.